The molecule has 0 radical (unpaired) electrons. The van der Waals surface area contributed by atoms with Gasteiger partial charge in [-0.25, -0.2) is 14.4 Å². The number of ether oxygens (including phenoxy) is 2. The molecule has 0 atom stereocenters. The Labute approximate surface area is 191 Å². The molecule has 0 amide bonds. The van der Waals surface area contributed by atoms with Gasteiger partial charge >= 0.3 is 24.1 Å². The van der Waals surface area contributed by atoms with Gasteiger partial charge in [-0.15, -0.1) is 0 Å². The molecule has 0 saturated carbocycles. The Kier molecular flexibility index (Phi) is 8.01. The van der Waals surface area contributed by atoms with Gasteiger partial charge in [0.2, 0.25) is 0 Å². The summed E-state index contributed by atoms with van der Waals surface area (Å²) in [5.41, 5.74) is 7.97. The number of para-hydroxylation sites is 1. The second-order valence-corrected chi connectivity index (χ2v) is 6.73. The summed E-state index contributed by atoms with van der Waals surface area (Å²) in [5.74, 6) is -4.04. The van der Waals surface area contributed by atoms with Crippen LogP contribution in [0.25, 0.3) is 10.9 Å². The van der Waals surface area contributed by atoms with Gasteiger partial charge in [-0.3, -0.25) is 5.41 Å². The number of halogens is 3. The second kappa shape index (κ2) is 10.5. The number of rotatable bonds is 5. The maximum absolute atomic E-state index is 12.5. The molecule has 3 aromatic rings. The van der Waals surface area contributed by atoms with Crippen LogP contribution in [0.5, 0.6) is 0 Å². The van der Waals surface area contributed by atoms with Crippen LogP contribution in [0.4, 0.5) is 13.2 Å². The van der Waals surface area contributed by atoms with Crippen molar-refractivity contribution in [3.63, 3.8) is 0 Å². The molecule has 12 heteroatoms. The van der Waals surface area contributed by atoms with Crippen LogP contribution in [0.2, 0.25) is 0 Å². The molecule has 180 valence electrons. The third-order valence-electron chi connectivity index (χ3n) is 4.56. The molecular formula is C22H20F3N3O6. The summed E-state index contributed by atoms with van der Waals surface area (Å²) in [6.45, 7) is 0.295. The van der Waals surface area contributed by atoms with Gasteiger partial charge in [0, 0.05) is 23.0 Å². The third kappa shape index (κ3) is 5.71. The number of hydrogen-bond donors (Lipinski definition) is 3. The molecule has 9 nitrogen and oxygen atoms in total. The number of nitrogens with one attached hydrogen (secondary N) is 1. The SMILES string of the molecule is COC(=O)c1c(C(=O)OC)n(Cc2cccc(C(=N)N)c2)c2ccccc12.O=C(O)C(F)(F)F. The van der Waals surface area contributed by atoms with Gasteiger partial charge in [0.1, 0.15) is 17.1 Å². The number of nitrogens with zero attached hydrogens (tertiary/aromatic N) is 1. The van der Waals surface area contributed by atoms with Gasteiger partial charge in [-0.1, -0.05) is 36.4 Å². The van der Waals surface area contributed by atoms with Crippen molar-refractivity contribution in [1.82, 2.24) is 4.57 Å². The minimum Gasteiger partial charge on any atom is -0.475 e. The quantitative estimate of drug-likeness (QED) is 0.290. The minimum atomic E-state index is -5.08. The lowest BCUT2D eigenvalue weighted by atomic mass is 10.1. The van der Waals surface area contributed by atoms with Gasteiger partial charge in [0.15, 0.2) is 0 Å². The smallest absolute Gasteiger partial charge is 0.475 e. The van der Waals surface area contributed by atoms with Crippen molar-refractivity contribution < 1.29 is 42.1 Å². The van der Waals surface area contributed by atoms with Gasteiger partial charge in [0.25, 0.3) is 0 Å². The largest absolute Gasteiger partial charge is 0.490 e. The summed E-state index contributed by atoms with van der Waals surface area (Å²) in [6, 6.07) is 14.4. The molecule has 3 rings (SSSR count). The van der Waals surface area contributed by atoms with Crippen LogP contribution in [0.1, 0.15) is 32.0 Å². The maximum atomic E-state index is 12.5. The third-order valence-corrected chi connectivity index (χ3v) is 4.56. The van der Waals surface area contributed by atoms with Crippen molar-refractivity contribution in [3.05, 3.63) is 70.9 Å². The van der Waals surface area contributed by atoms with Gasteiger partial charge in [-0.05, 0) is 17.7 Å². The number of methoxy groups -OCH3 is 2. The molecule has 0 aliphatic heterocycles. The number of alkyl halides is 3. The molecule has 0 spiro atoms. The Bertz CT molecular complexity index is 1250. The maximum Gasteiger partial charge on any atom is 0.490 e. The zero-order chi connectivity index (χ0) is 25.6. The molecule has 2 aromatic carbocycles. The second-order valence-electron chi connectivity index (χ2n) is 6.73. The van der Waals surface area contributed by atoms with E-state index in [2.05, 4.69) is 0 Å². The van der Waals surface area contributed by atoms with E-state index in [1.807, 2.05) is 18.2 Å². The number of nitrogens with two attached hydrogens (primary N) is 1. The Hall–Kier alpha value is -4.35. The minimum absolute atomic E-state index is 0.0438. The summed E-state index contributed by atoms with van der Waals surface area (Å²) in [7, 11) is 2.54. The monoisotopic (exact) mass is 479 g/mol. The van der Waals surface area contributed by atoms with E-state index >= 15 is 0 Å². The molecule has 0 fully saturated rings. The van der Waals surface area contributed by atoms with Crippen LogP contribution in [-0.4, -0.2) is 53.8 Å². The first-order chi connectivity index (χ1) is 15.9. The van der Waals surface area contributed by atoms with Gasteiger partial charge in [0.05, 0.1) is 14.2 Å². The van der Waals surface area contributed by atoms with E-state index < -0.39 is 24.1 Å². The van der Waals surface area contributed by atoms with E-state index in [9.17, 15) is 22.8 Å². The number of hydrogen-bond acceptors (Lipinski definition) is 6. The van der Waals surface area contributed by atoms with Crippen LogP contribution >= 0.6 is 0 Å². The number of carbonyl (C=O) groups is 3. The van der Waals surface area contributed by atoms with Gasteiger partial charge in [-0.2, -0.15) is 13.2 Å². The van der Waals surface area contributed by atoms with Crippen LogP contribution in [0.3, 0.4) is 0 Å². The fraction of sp³-hybridized carbons (Fsp3) is 0.182. The number of fused-ring (bicyclic) bond motifs is 1. The summed E-state index contributed by atoms with van der Waals surface area (Å²) in [6.07, 6.45) is -5.08. The number of carbonyl (C=O) groups excluding carboxylic acids is 2. The van der Waals surface area contributed by atoms with Crippen LogP contribution in [-0.2, 0) is 20.8 Å². The van der Waals surface area contributed by atoms with Crippen LogP contribution in [0, 0.1) is 5.41 Å². The normalized spacial score (nSPS) is 10.7. The number of aliphatic carboxylic acids is 1. The van der Waals surface area contributed by atoms with Crippen molar-refractivity contribution in [3.8, 4) is 0 Å². The van der Waals surface area contributed by atoms with Gasteiger partial charge < -0.3 is 24.9 Å². The average molecular weight is 479 g/mol. The molecule has 1 heterocycles. The zero-order valence-electron chi connectivity index (χ0n) is 18.0. The fourth-order valence-corrected chi connectivity index (χ4v) is 3.11. The van der Waals surface area contributed by atoms with Crippen molar-refractivity contribution in [2.75, 3.05) is 14.2 Å². The molecule has 34 heavy (non-hydrogen) atoms. The molecular weight excluding hydrogens is 459 g/mol. The topological polar surface area (TPSA) is 145 Å². The average Bonchev–Trinajstić information content (AvgIpc) is 3.12. The van der Waals surface area contributed by atoms with Crippen molar-refractivity contribution in [2.24, 2.45) is 5.73 Å². The highest BCUT2D eigenvalue weighted by atomic mass is 19.4. The van der Waals surface area contributed by atoms with E-state index in [0.717, 1.165) is 5.56 Å². The Morgan fingerprint density at radius 2 is 1.62 bits per heavy atom. The lowest BCUT2D eigenvalue weighted by molar-refractivity contribution is -0.192. The summed E-state index contributed by atoms with van der Waals surface area (Å²) >= 11 is 0. The predicted molar refractivity (Wildman–Crippen MR) is 115 cm³/mol. The molecule has 0 aliphatic rings. The standard InChI is InChI=1S/C20H19N3O4.C2HF3O2/c1-26-19(24)16-14-8-3-4-9-15(14)23(17(16)20(25)27-2)11-12-6-5-7-13(10-12)18(21)22;3-2(4,5)1(6)7/h3-10H,11H2,1-2H3,(H3,21,22);(H,6,7). The Balaban J connectivity index is 0.000000509. The Morgan fingerprint density at radius 3 is 2.15 bits per heavy atom. The Morgan fingerprint density at radius 1 is 1.03 bits per heavy atom. The predicted octanol–water partition coefficient (Wildman–Crippen LogP) is 3.18. The molecule has 0 unspecified atom stereocenters. The van der Waals surface area contributed by atoms with Crippen LogP contribution < -0.4 is 5.73 Å². The number of amidine groups is 1. The number of aromatic nitrogens is 1. The highest BCUT2D eigenvalue weighted by molar-refractivity contribution is 6.13. The molecule has 0 bridgehead atoms. The van der Waals surface area contributed by atoms with Crippen molar-refractivity contribution >= 4 is 34.6 Å². The number of nitrogen functional groups attached to an aromatic ring is 1. The molecule has 0 aliphatic carbocycles. The van der Waals surface area contributed by atoms with E-state index in [0.29, 0.717) is 23.0 Å². The van der Waals surface area contributed by atoms with E-state index in [-0.39, 0.29) is 17.1 Å². The lowest BCUT2D eigenvalue weighted by Crippen LogP contribution is -2.21. The first-order valence-corrected chi connectivity index (χ1v) is 9.43. The first-order valence-electron chi connectivity index (χ1n) is 9.43. The van der Waals surface area contributed by atoms with Crippen molar-refractivity contribution in [2.45, 2.75) is 12.7 Å². The molecule has 0 saturated heterocycles. The fourth-order valence-electron chi connectivity index (χ4n) is 3.11. The number of carboxylic acid groups (broad SMARTS) is 1. The first kappa shape index (κ1) is 25.9. The number of esters is 2. The summed E-state index contributed by atoms with van der Waals surface area (Å²) in [4.78, 5) is 33.8. The van der Waals surface area contributed by atoms with E-state index in [1.165, 1.54) is 14.2 Å². The summed E-state index contributed by atoms with van der Waals surface area (Å²) in [5, 5.41) is 15.3. The highest BCUT2D eigenvalue weighted by Gasteiger charge is 2.38. The number of benzene rings is 2. The lowest BCUT2D eigenvalue weighted by Gasteiger charge is -2.11. The zero-order valence-corrected chi connectivity index (χ0v) is 18.0. The van der Waals surface area contributed by atoms with E-state index in [4.69, 9.17) is 30.5 Å². The highest BCUT2D eigenvalue weighted by Crippen LogP contribution is 2.29. The van der Waals surface area contributed by atoms with E-state index in [1.54, 1.807) is 34.9 Å². The molecule has 1 aromatic heterocycles. The van der Waals surface area contributed by atoms with Crippen molar-refractivity contribution in [1.29, 1.82) is 5.41 Å². The van der Waals surface area contributed by atoms with Crippen LogP contribution in [0.15, 0.2) is 48.5 Å². The summed E-state index contributed by atoms with van der Waals surface area (Å²) < 4.78 is 43.3. The molecule has 4 N–H and O–H groups in total. The number of carboxylic acids is 1.